The first-order valence-electron chi connectivity index (χ1n) is 12.4. The van der Waals surface area contributed by atoms with E-state index in [1.54, 1.807) is 19.1 Å². The van der Waals surface area contributed by atoms with Crippen LogP contribution in [0.25, 0.3) is 0 Å². The fourth-order valence-electron chi connectivity index (χ4n) is 4.61. The van der Waals surface area contributed by atoms with E-state index in [2.05, 4.69) is 10.6 Å². The van der Waals surface area contributed by atoms with Crippen molar-refractivity contribution in [2.75, 3.05) is 13.1 Å². The molecule has 1 aliphatic heterocycles. The number of nitrogens with one attached hydrogen (secondary N) is 2. The molecular weight excluding hydrogens is 460 g/mol. The third kappa shape index (κ3) is 6.03. The predicted molar refractivity (Wildman–Crippen MR) is 134 cm³/mol. The monoisotopic (exact) mass is 494 g/mol. The van der Waals surface area contributed by atoms with E-state index in [9.17, 15) is 24.6 Å². The van der Waals surface area contributed by atoms with Crippen molar-refractivity contribution in [3.63, 3.8) is 0 Å². The topological polar surface area (TPSA) is 145 Å². The lowest BCUT2D eigenvalue weighted by Gasteiger charge is -2.30. The SMILES string of the molecule is Cc1c(O)cccc1C(=O)N[C@@H](Cc1ccccc1)[C@H](O)C(=O)N1C[C@H](N)C[C@H]1C(=O)NCC1CC1. The molecule has 1 saturated carbocycles. The molecule has 4 rings (SSSR count). The molecule has 2 aliphatic rings. The van der Waals surface area contributed by atoms with Gasteiger partial charge in [0, 0.05) is 30.3 Å². The Bertz CT molecular complexity index is 1100. The molecule has 36 heavy (non-hydrogen) atoms. The van der Waals surface area contributed by atoms with Gasteiger partial charge in [-0.2, -0.15) is 0 Å². The standard InChI is InChI=1S/C27H34N4O5/c1-16-20(8-5-9-23(16)32)25(34)30-21(12-17-6-3-2-4-7-17)24(33)27(36)31-15-19(28)13-22(31)26(35)29-14-18-10-11-18/h2-9,18-19,21-22,24,32-33H,10-15,28H2,1H3,(H,29,35)(H,30,34)/t19-,21+,22+,24+/m1/s1. The van der Waals surface area contributed by atoms with E-state index in [0.717, 1.165) is 18.4 Å². The highest BCUT2D eigenvalue weighted by Gasteiger charge is 2.42. The lowest BCUT2D eigenvalue weighted by molar-refractivity contribution is -0.146. The van der Waals surface area contributed by atoms with Crippen LogP contribution in [0.1, 0.15) is 40.7 Å². The van der Waals surface area contributed by atoms with Crippen LogP contribution in [0.5, 0.6) is 5.75 Å². The summed E-state index contributed by atoms with van der Waals surface area (Å²) in [5.74, 6) is -0.971. The number of hydrogen-bond acceptors (Lipinski definition) is 6. The molecular formula is C27H34N4O5. The van der Waals surface area contributed by atoms with E-state index in [0.29, 0.717) is 24.4 Å². The van der Waals surface area contributed by atoms with Gasteiger partial charge in [-0.3, -0.25) is 14.4 Å². The summed E-state index contributed by atoms with van der Waals surface area (Å²) in [6.45, 7) is 2.34. The van der Waals surface area contributed by atoms with Gasteiger partial charge in [0.2, 0.25) is 5.91 Å². The van der Waals surface area contributed by atoms with Crippen LogP contribution < -0.4 is 16.4 Å². The van der Waals surface area contributed by atoms with E-state index in [4.69, 9.17) is 5.73 Å². The Kier molecular flexibility index (Phi) is 7.91. The Morgan fingerprint density at radius 2 is 1.83 bits per heavy atom. The number of hydrogen-bond donors (Lipinski definition) is 5. The molecule has 0 aromatic heterocycles. The van der Waals surface area contributed by atoms with Crippen LogP contribution in [-0.4, -0.2) is 70.2 Å². The van der Waals surface area contributed by atoms with Crippen LogP contribution >= 0.6 is 0 Å². The third-order valence-corrected chi connectivity index (χ3v) is 6.98. The Hall–Kier alpha value is -3.43. The summed E-state index contributed by atoms with van der Waals surface area (Å²) >= 11 is 0. The largest absolute Gasteiger partial charge is 0.508 e. The fourth-order valence-corrected chi connectivity index (χ4v) is 4.61. The van der Waals surface area contributed by atoms with Gasteiger partial charge in [0.1, 0.15) is 11.8 Å². The van der Waals surface area contributed by atoms with Crippen molar-refractivity contribution in [1.29, 1.82) is 0 Å². The number of phenolic OH excluding ortho intramolecular Hbond substituents is 1. The minimum absolute atomic E-state index is 0.0232. The first kappa shape index (κ1) is 25.7. The fraction of sp³-hybridized carbons (Fsp3) is 0.444. The van der Waals surface area contributed by atoms with Gasteiger partial charge in [-0.1, -0.05) is 36.4 Å². The minimum Gasteiger partial charge on any atom is -0.508 e. The lowest BCUT2D eigenvalue weighted by atomic mass is 9.98. The minimum atomic E-state index is -1.60. The number of likely N-dealkylation sites (tertiary alicyclic amines) is 1. The average molecular weight is 495 g/mol. The van der Waals surface area contributed by atoms with Crippen LogP contribution in [-0.2, 0) is 16.0 Å². The highest BCUT2D eigenvalue weighted by atomic mass is 16.3. The van der Waals surface area contributed by atoms with Gasteiger partial charge in [-0.25, -0.2) is 0 Å². The van der Waals surface area contributed by atoms with Crippen LogP contribution in [0.3, 0.4) is 0 Å². The average Bonchev–Trinajstić information content (AvgIpc) is 3.62. The van der Waals surface area contributed by atoms with Crippen LogP contribution in [0.4, 0.5) is 0 Å². The molecule has 3 amide bonds. The number of carbonyl (C=O) groups excluding carboxylic acids is 3. The first-order chi connectivity index (χ1) is 17.2. The number of carbonyl (C=O) groups is 3. The van der Waals surface area contributed by atoms with E-state index < -0.39 is 30.0 Å². The summed E-state index contributed by atoms with van der Waals surface area (Å²) < 4.78 is 0. The third-order valence-electron chi connectivity index (χ3n) is 6.98. The molecule has 2 fully saturated rings. The summed E-state index contributed by atoms with van der Waals surface area (Å²) in [4.78, 5) is 40.7. The zero-order valence-corrected chi connectivity index (χ0v) is 20.4. The van der Waals surface area contributed by atoms with Gasteiger partial charge in [-0.05, 0) is 56.2 Å². The van der Waals surface area contributed by atoms with Gasteiger partial charge >= 0.3 is 0 Å². The van der Waals surface area contributed by atoms with E-state index in [-0.39, 0.29) is 36.2 Å². The molecule has 2 aromatic carbocycles. The van der Waals surface area contributed by atoms with Crippen molar-refractivity contribution >= 4 is 17.7 Å². The quantitative estimate of drug-likeness (QED) is 0.350. The van der Waals surface area contributed by atoms with Crippen molar-refractivity contribution in [3.8, 4) is 5.75 Å². The van der Waals surface area contributed by atoms with Crippen molar-refractivity contribution in [3.05, 3.63) is 65.2 Å². The van der Waals surface area contributed by atoms with E-state index in [1.165, 1.54) is 11.0 Å². The van der Waals surface area contributed by atoms with Crippen molar-refractivity contribution in [2.24, 2.45) is 11.7 Å². The highest BCUT2D eigenvalue weighted by molar-refractivity contribution is 5.97. The predicted octanol–water partition coefficient (Wildman–Crippen LogP) is 0.857. The summed E-state index contributed by atoms with van der Waals surface area (Å²) in [5, 5.41) is 26.9. The molecule has 192 valence electrons. The maximum atomic E-state index is 13.5. The molecule has 6 N–H and O–H groups in total. The Labute approximate surface area is 210 Å². The molecule has 1 heterocycles. The smallest absolute Gasteiger partial charge is 0.254 e. The number of rotatable bonds is 9. The van der Waals surface area contributed by atoms with Crippen LogP contribution in [0.2, 0.25) is 0 Å². The normalized spacial score (nSPS) is 21.0. The second kappa shape index (κ2) is 11.1. The van der Waals surface area contributed by atoms with Crippen molar-refractivity contribution < 1.29 is 24.6 Å². The van der Waals surface area contributed by atoms with Crippen LogP contribution in [0.15, 0.2) is 48.5 Å². The molecule has 0 spiro atoms. The van der Waals surface area contributed by atoms with Gasteiger partial charge in [-0.15, -0.1) is 0 Å². The Morgan fingerprint density at radius 1 is 1.11 bits per heavy atom. The first-order valence-corrected chi connectivity index (χ1v) is 12.4. The molecule has 4 atom stereocenters. The van der Waals surface area contributed by atoms with Crippen molar-refractivity contribution in [1.82, 2.24) is 15.5 Å². The molecule has 0 radical (unpaired) electrons. The lowest BCUT2D eigenvalue weighted by Crippen LogP contribution is -2.56. The summed E-state index contributed by atoms with van der Waals surface area (Å²) in [5.41, 5.74) is 7.56. The highest BCUT2D eigenvalue weighted by Crippen LogP contribution is 2.28. The number of aromatic hydroxyl groups is 1. The molecule has 9 nitrogen and oxygen atoms in total. The number of phenols is 1. The van der Waals surface area contributed by atoms with Gasteiger partial charge in [0.15, 0.2) is 6.10 Å². The second-order valence-electron chi connectivity index (χ2n) is 9.85. The number of benzene rings is 2. The number of nitrogens with two attached hydrogens (primary N) is 1. The zero-order chi connectivity index (χ0) is 25.8. The van der Waals surface area contributed by atoms with Crippen molar-refractivity contribution in [2.45, 2.75) is 56.8 Å². The van der Waals surface area contributed by atoms with E-state index in [1.807, 2.05) is 30.3 Å². The second-order valence-corrected chi connectivity index (χ2v) is 9.85. The van der Waals surface area contributed by atoms with Crippen LogP contribution in [0, 0.1) is 12.8 Å². The molecule has 0 unspecified atom stereocenters. The Balaban J connectivity index is 1.53. The maximum Gasteiger partial charge on any atom is 0.254 e. The molecule has 0 bridgehead atoms. The number of aliphatic hydroxyl groups is 1. The summed E-state index contributed by atoms with van der Waals surface area (Å²) in [7, 11) is 0. The molecule has 9 heteroatoms. The maximum absolute atomic E-state index is 13.5. The number of nitrogens with zero attached hydrogens (tertiary/aromatic N) is 1. The summed E-state index contributed by atoms with van der Waals surface area (Å²) in [6, 6.07) is 11.7. The van der Waals surface area contributed by atoms with Gasteiger partial charge in [0.05, 0.1) is 6.04 Å². The molecule has 1 saturated heterocycles. The Morgan fingerprint density at radius 3 is 2.53 bits per heavy atom. The molecule has 2 aromatic rings. The molecule has 1 aliphatic carbocycles. The van der Waals surface area contributed by atoms with E-state index >= 15 is 0 Å². The number of amides is 3. The number of aliphatic hydroxyl groups excluding tert-OH is 1. The zero-order valence-electron chi connectivity index (χ0n) is 20.4. The van der Waals surface area contributed by atoms with Gasteiger partial charge in [0.25, 0.3) is 11.8 Å². The summed E-state index contributed by atoms with van der Waals surface area (Å²) in [6.07, 6.45) is 1.08. The van der Waals surface area contributed by atoms with Gasteiger partial charge < -0.3 is 31.5 Å².